The van der Waals surface area contributed by atoms with Crippen LogP contribution in [0.3, 0.4) is 0 Å². The molecule has 0 fully saturated rings. The molecule has 6 heteroatoms. The quantitative estimate of drug-likeness (QED) is 0.754. The molecule has 0 amide bonds. The minimum Gasteiger partial charge on any atom is -0.508 e. The molecule has 0 spiro atoms. The molecule has 1 N–H and O–H groups in total. The van der Waals surface area contributed by atoms with E-state index in [1.165, 1.54) is 6.33 Å². The highest BCUT2D eigenvalue weighted by Crippen LogP contribution is 2.26. The molecule has 3 aromatic rings. The third-order valence-electron chi connectivity index (χ3n) is 2.68. The van der Waals surface area contributed by atoms with Crippen LogP contribution in [0.15, 0.2) is 41.3 Å². The molecule has 2 aromatic heterocycles. The first-order valence-electron chi connectivity index (χ1n) is 5.64. The summed E-state index contributed by atoms with van der Waals surface area (Å²) in [7, 11) is 0. The number of aromatic hydroxyl groups is 1. The Bertz CT molecular complexity index is 710. The van der Waals surface area contributed by atoms with Gasteiger partial charge in [0.1, 0.15) is 17.8 Å². The lowest BCUT2D eigenvalue weighted by Gasteiger charge is -2.00. The van der Waals surface area contributed by atoms with Gasteiger partial charge in [-0.3, -0.25) is 0 Å². The number of aromatic nitrogens is 4. The molecule has 0 saturated carbocycles. The second-order valence-electron chi connectivity index (χ2n) is 4.02. The van der Waals surface area contributed by atoms with E-state index in [-0.39, 0.29) is 5.75 Å². The predicted molar refractivity (Wildman–Crippen MR) is 67.2 cm³/mol. The van der Waals surface area contributed by atoms with Crippen LogP contribution in [-0.2, 0) is 0 Å². The maximum Gasteiger partial charge on any atom is 0.258 e. The van der Waals surface area contributed by atoms with E-state index in [0.29, 0.717) is 17.4 Å². The standard InChI is InChI=1S/C13H10N4O2/c1-8-6-9(18)2-3-10(8)13-16-12(17-19-13)11-4-5-14-7-15-11/h2-7,18H,1H3. The van der Waals surface area contributed by atoms with Gasteiger partial charge in [-0.25, -0.2) is 9.97 Å². The number of hydrogen-bond donors (Lipinski definition) is 1. The smallest absolute Gasteiger partial charge is 0.258 e. The molecule has 6 nitrogen and oxygen atoms in total. The molecule has 0 bridgehead atoms. The van der Waals surface area contributed by atoms with Gasteiger partial charge in [0.05, 0.1) is 0 Å². The summed E-state index contributed by atoms with van der Waals surface area (Å²) in [6.07, 6.45) is 3.04. The van der Waals surface area contributed by atoms with Gasteiger partial charge in [0.2, 0.25) is 5.82 Å². The van der Waals surface area contributed by atoms with Crippen LogP contribution in [0, 0.1) is 6.92 Å². The van der Waals surface area contributed by atoms with Gasteiger partial charge in [-0.15, -0.1) is 0 Å². The summed E-state index contributed by atoms with van der Waals surface area (Å²) in [5.41, 5.74) is 2.24. The maximum absolute atomic E-state index is 9.38. The van der Waals surface area contributed by atoms with Gasteiger partial charge >= 0.3 is 0 Å². The molecule has 94 valence electrons. The van der Waals surface area contributed by atoms with Crippen LogP contribution in [0.5, 0.6) is 5.75 Å². The van der Waals surface area contributed by atoms with Gasteiger partial charge in [-0.2, -0.15) is 4.98 Å². The predicted octanol–water partition coefficient (Wildman–Crippen LogP) is 2.21. The van der Waals surface area contributed by atoms with Gasteiger partial charge in [0, 0.05) is 11.8 Å². The molecule has 1 aromatic carbocycles. The summed E-state index contributed by atoms with van der Waals surface area (Å²) in [6, 6.07) is 6.67. The van der Waals surface area contributed by atoms with Gasteiger partial charge in [-0.1, -0.05) is 5.16 Å². The van der Waals surface area contributed by atoms with Crippen molar-refractivity contribution in [2.45, 2.75) is 6.92 Å². The van der Waals surface area contributed by atoms with E-state index in [4.69, 9.17) is 4.52 Å². The topological polar surface area (TPSA) is 84.9 Å². The summed E-state index contributed by atoms with van der Waals surface area (Å²) in [5.74, 6) is 1.01. The van der Waals surface area contributed by atoms with Crippen LogP contribution < -0.4 is 0 Å². The molecular weight excluding hydrogens is 244 g/mol. The van der Waals surface area contributed by atoms with Crippen LogP contribution in [0.4, 0.5) is 0 Å². The lowest BCUT2D eigenvalue weighted by molar-refractivity contribution is 0.431. The highest BCUT2D eigenvalue weighted by Gasteiger charge is 2.13. The molecule has 0 radical (unpaired) electrons. The van der Waals surface area contributed by atoms with E-state index in [1.807, 2.05) is 6.92 Å². The highest BCUT2D eigenvalue weighted by atomic mass is 16.5. The number of phenolic OH excluding ortho intramolecular Hbond substituents is 1. The molecule has 0 saturated heterocycles. The molecule has 3 rings (SSSR count). The van der Waals surface area contributed by atoms with Gasteiger partial charge in [0.25, 0.3) is 5.89 Å². The van der Waals surface area contributed by atoms with Crippen LogP contribution in [0.2, 0.25) is 0 Å². The molecule has 0 unspecified atom stereocenters. The lowest BCUT2D eigenvalue weighted by atomic mass is 10.1. The number of nitrogens with zero attached hydrogens (tertiary/aromatic N) is 4. The van der Waals surface area contributed by atoms with Crippen molar-refractivity contribution in [3.63, 3.8) is 0 Å². The van der Waals surface area contributed by atoms with Crippen molar-refractivity contribution in [1.82, 2.24) is 20.1 Å². The number of aryl methyl sites for hydroxylation is 1. The van der Waals surface area contributed by atoms with E-state index in [9.17, 15) is 5.11 Å². The summed E-state index contributed by atoms with van der Waals surface area (Å²) in [4.78, 5) is 12.2. The number of benzene rings is 1. The summed E-state index contributed by atoms with van der Waals surface area (Å²) < 4.78 is 5.22. The Hall–Kier alpha value is -2.76. The van der Waals surface area contributed by atoms with Crippen molar-refractivity contribution < 1.29 is 9.63 Å². The van der Waals surface area contributed by atoms with Crippen LogP contribution in [0.25, 0.3) is 23.0 Å². The second-order valence-corrected chi connectivity index (χ2v) is 4.02. The zero-order valence-electron chi connectivity index (χ0n) is 10.1. The fourth-order valence-electron chi connectivity index (χ4n) is 1.75. The van der Waals surface area contributed by atoms with E-state index in [1.54, 1.807) is 30.5 Å². The number of rotatable bonds is 2. The molecule has 0 atom stereocenters. The SMILES string of the molecule is Cc1cc(O)ccc1-c1nc(-c2ccncn2)no1. The first-order valence-corrected chi connectivity index (χ1v) is 5.64. The fourth-order valence-corrected chi connectivity index (χ4v) is 1.75. The first-order chi connectivity index (χ1) is 9.24. The monoisotopic (exact) mass is 254 g/mol. The largest absolute Gasteiger partial charge is 0.508 e. The van der Waals surface area contributed by atoms with Crippen molar-refractivity contribution >= 4 is 0 Å². The molecular formula is C13H10N4O2. The van der Waals surface area contributed by atoms with Crippen molar-refractivity contribution in [2.24, 2.45) is 0 Å². The Labute approximate surface area is 108 Å². The van der Waals surface area contributed by atoms with Crippen LogP contribution >= 0.6 is 0 Å². The zero-order valence-corrected chi connectivity index (χ0v) is 10.1. The second kappa shape index (κ2) is 4.49. The minimum absolute atomic E-state index is 0.205. The van der Waals surface area contributed by atoms with Crippen LogP contribution in [-0.4, -0.2) is 25.2 Å². The van der Waals surface area contributed by atoms with Gasteiger partial charge in [-0.05, 0) is 36.8 Å². The number of hydrogen-bond acceptors (Lipinski definition) is 6. The Morgan fingerprint density at radius 1 is 1.21 bits per heavy atom. The van der Waals surface area contributed by atoms with Crippen molar-refractivity contribution in [3.8, 4) is 28.7 Å². The third-order valence-corrected chi connectivity index (χ3v) is 2.68. The molecule has 19 heavy (non-hydrogen) atoms. The fraction of sp³-hybridized carbons (Fsp3) is 0.0769. The minimum atomic E-state index is 0.205. The average molecular weight is 254 g/mol. The van der Waals surface area contributed by atoms with Gasteiger partial charge < -0.3 is 9.63 Å². The lowest BCUT2D eigenvalue weighted by Crippen LogP contribution is -1.86. The third kappa shape index (κ3) is 2.15. The molecule has 0 aliphatic carbocycles. The average Bonchev–Trinajstić information content (AvgIpc) is 2.89. The maximum atomic E-state index is 9.38. The van der Waals surface area contributed by atoms with Gasteiger partial charge in [0.15, 0.2) is 0 Å². The highest BCUT2D eigenvalue weighted by molar-refractivity contribution is 5.61. The normalized spacial score (nSPS) is 10.6. The summed E-state index contributed by atoms with van der Waals surface area (Å²) in [6.45, 7) is 1.86. The number of phenols is 1. The molecule has 2 heterocycles. The molecule has 0 aliphatic heterocycles. The Morgan fingerprint density at radius 3 is 2.84 bits per heavy atom. The summed E-state index contributed by atoms with van der Waals surface area (Å²) in [5, 5.41) is 13.3. The van der Waals surface area contributed by atoms with Crippen molar-refractivity contribution in [2.75, 3.05) is 0 Å². The van der Waals surface area contributed by atoms with E-state index < -0.39 is 0 Å². The Morgan fingerprint density at radius 2 is 2.11 bits per heavy atom. The zero-order chi connectivity index (χ0) is 13.2. The van der Waals surface area contributed by atoms with E-state index in [0.717, 1.165) is 11.1 Å². The van der Waals surface area contributed by atoms with Crippen molar-refractivity contribution in [3.05, 3.63) is 42.4 Å². The van der Waals surface area contributed by atoms with E-state index >= 15 is 0 Å². The van der Waals surface area contributed by atoms with Crippen LogP contribution in [0.1, 0.15) is 5.56 Å². The Balaban J connectivity index is 2.02. The summed E-state index contributed by atoms with van der Waals surface area (Å²) >= 11 is 0. The first kappa shape index (κ1) is 11.3. The molecule has 0 aliphatic rings. The Kier molecular flexibility index (Phi) is 2.68. The van der Waals surface area contributed by atoms with Crippen molar-refractivity contribution in [1.29, 1.82) is 0 Å². The van der Waals surface area contributed by atoms with E-state index in [2.05, 4.69) is 20.1 Å².